The summed E-state index contributed by atoms with van der Waals surface area (Å²) in [4.78, 5) is 39.3. The first-order valence-electron chi connectivity index (χ1n) is 12.6. The van der Waals surface area contributed by atoms with Gasteiger partial charge in [0, 0.05) is 52.5 Å². The van der Waals surface area contributed by atoms with Crippen LogP contribution in [0.1, 0.15) is 37.0 Å². The summed E-state index contributed by atoms with van der Waals surface area (Å²) in [5.41, 5.74) is 2.36. The second-order valence-corrected chi connectivity index (χ2v) is 11.0. The summed E-state index contributed by atoms with van der Waals surface area (Å²) >= 11 is 14.3. The molecule has 3 rings (SSSR count). The van der Waals surface area contributed by atoms with Crippen molar-refractivity contribution in [2.24, 2.45) is 0 Å². The molecule has 0 bridgehead atoms. The van der Waals surface area contributed by atoms with E-state index in [2.05, 4.69) is 5.32 Å². The van der Waals surface area contributed by atoms with Crippen LogP contribution in [0.2, 0.25) is 10.0 Å². The van der Waals surface area contributed by atoms with Crippen LogP contribution in [0.15, 0.2) is 72.8 Å². The van der Waals surface area contributed by atoms with Crippen molar-refractivity contribution in [1.82, 2.24) is 10.2 Å². The van der Waals surface area contributed by atoms with Gasteiger partial charge in [-0.3, -0.25) is 19.7 Å². The number of nitro benzene ring substituents is 1. The van der Waals surface area contributed by atoms with Gasteiger partial charge < -0.3 is 10.2 Å². The number of amides is 2. The highest BCUT2D eigenvalue weighted by Gasteiger charge is 2.31. The second-order valence-electron chi connectivity index (χ2n) is 9.16. The Morgan fingerprint density at radius 2 is 1.62 bits per heavy atom. The van der Waals surface area contributed by atoms with E-state index in [1.807, 2.05) is 44.2 Å². The number of thioether (sulfide) groups is 1. The van der Waals surface area contributed by atoms with Crippen molar-refractivity contribution >= 4 is 52.5 Å². The molecule has 7 nitrogen and oxygen atoms in total. The lowest BCUT2D eigenvalue weighted by atomic mass is 10.0. The van der Waals surface area contributed by atoms with Crippen LogP contribution in [0.5, 0.6) is 0 Å². The summed E-state index contributed by atoms with van der Waals surface area (Å²) in [5.74, 6) is 0.0941. The Kier molecular flexibility index (Phi) is 11.7. The topological polar surface area (TPSA) is 92.6 Å². The molecule has 0 aliphatic rings. The maximum Gasteiger partial charge on any atom is 0.269 e. The molecular weight excluding hydrogens is 557 g/mol. The third-order valence-corrected chi connectivity index (χ3v) is 8.00. The van der Waals surface area contributed by atoms with Crippen LogP contribution >= 0.6 is 35.0 Å². The smallest absolute Gasteiger partial charge is 0.269 e. The minimum atomic E-state index is -0.791. The molecule has 3 aromatic rings. The van der Waals surface area contributed by atoms with Crippen LogP contribution in [0.3, 0.4) is 0 Å². The van der Waals surface area contributed by atoms with Gasteiger partial charge in [-0.05, 0) is 36.6 Å². The maximum atomic E-state index is 13.7. The highest BCUT2D eigenvalue weighted by molar-refractivity contribution is 7.99. The van der Waals surface area contributed by atoms with Gasteiger partial charge in [0.1, 0.15) is 6.04 Å². The third-order valence-electron chi connectivity index (χ3n) is 6.30. The molecule has 1 N–H and O–H groups in total. The Labute approximate surface area is 243 Å². The first-order chi connectivity index (χ1) is 18.7. The number of carbonyl (C=O) groups is 2. The Hall–Kier alpha value is -3.07. The number of halogens is 2. The summed E-state index contributed by atoms with van der Waals surface area (Å²) in [5, 5.41) is 14.8. The highest BCUT2D eigenvalue weighted by atomic mass is 35.5. The van der Waals surface area contributed by atoms with Gasteiger partial charge in [-0.25, -0.2) is 0 Å². The van der Waals surface area contributed by atoms with Gasteiger partial charge in [0.15, 0.2) is 0 Å². The maximum absolute atomic E-state index is 13.7. The normalized spacial score (nSPS) is 12.4. The number of rotatable bonds is 13. The molecule has 2 atom stereocenters. The zero-order chi connectivity index (χ0) is 28.4. The first kappa shape index (κ1) is 30.5. The number of nitro groups is 1. The van der Waals surface area contributed by atoms with Crippen molar-refractivity contribution in [3.05, 3.63) is 110 Å². The SMILES string of the molecule is CCC(C)NC(=O)C(Cc1ccccc1)N(Cc1c(Cl)cccc1Cl)C(=O)CSCc1ccc([N+](=O)[O-])cc1. The Bertz CT molecular complexity index is 1260. The average Bonchev–Trinajstić information content (AvgIpc) is 2.92. The van der Waals surface area contributed by atoms with E-state index in [0.29, 0.717) is 27.8 Å². The van der Waals surface area contributed by atoms with Gasteiger partial charge in [0.25, 0.3) is 5.69 Å². The van der Waals surface area contributed by atoms with Crippen LogP contribution < -0.4 is 5.32 Å². The van der Waals surface area contributed by atoms with Crippen molar-refractivity contribution in [1.29, 1.82) is 0 Å². The van der Waals surface area contributed by atoms with Crippen molar-refractivity contribution in [2.75, 3.05) is 5.75 Å². The molecule has 0 fully saturated rings. The van der Waals surface area contributed by atoms with Gasteiger partial charge in [0.2, 0.25) is 11.8 Å². The molecule has 39 heavy (non-hydrogen) atoms. The predicted octanol–water partition coefficient (Wildman–Crippen LogP) is 6.69. The number of hydrogen-bond donors (Lipinski definition) is 1. The van der Waals surface area contributed by atoms with Gasteiger partial charge in [0.05, 0.1) is 10.7 Å². The van der Waals surface area contributed by atoms with Crippen LogP contribution in [0, 0.1) is 10.1 Å². The number of nitrogens with zero attached hydrogens (tertiary/aromatic N) is 2. The quantitative estimate of drug-likeness (QED) is 0.177. The Balaban J connectivity index is 1.88. The molecule has 0 heterocycles. The molecule has 2 amide bonds. The summed E-state index contributed by atoms with van der Waals surface area (Å²) in [6.45, 7) is 3.98. The van der Waals surface area contributed by atoms with Crippen LogP contribution in [-0.2, 0) is 28.3 Å². The lowest BCUT2D eigenvalue weighted by Crippen LogP contribution is -2.52. The van der Waals surface area contributed by atoms with Crippen LogP contribution in [0.25, 0.3) is 0 Å². The van der Waals surface area contributed by atoms with E-state index >= 15 is 0 Å². The molecule has 0 radical (unpaired) electrons. The summed E-state index contributed by atoms with van der Waals surface area (Å²) < 4.78 is 0. The highest BCUT2D eigenvalue weighted by Crippen LogP contribution is 2.28. The largest absolute Gasteiger partial charge is 0.352 e. The minimum Gasteiger partial charge on any atom is -0.352 e. The predicted molar refractivity (Wildman–Crippen MR) is 158 cm³/mol. The second kappa shape index (κ2) is 14.9. The fraction of sp³-hybridized carbons (Fsp3) is 0.310. The number of carbonyl (C=O) groups excluding carboxylic acids is 2. The van der Waals surface area contributed by atoms with E-state index < -0.39 is 11.0 Å². The molecule has 10 heteroatoms. The monoisotopic (exact) mass is 587 g/mol. The molecule has 0 aliphatic heterocycles. The molecule has 0 spiro atoms. The van der Waals surface area contributed by atoms with Crippen LogP contribution in [0.4, 0.5) is 5.69 Å². The molecule has 0 aromatic heterocycles. The number of nitrogens with one attached hydrogen (secondary N) is 1. The van der Waals surface area contributed by atoms with Gasteiger partial charge in [-0.1, -0.05) is 78.7 Å². The minimum absolute atomic E-state index is 0.0127. The van der Waals surface area contributed by atoms with E-state index in [4.69, 9.17) is 23.2 Å². The first-order valence-corrected chi connectivity index (χ1v) is 14.5. The molecule has 0 saturated heterocycles. The lowest BCUT2D eigenvalue weighted by molar-refractivity contribution is -0.384. The molecule has 0 aliphatic carbocycles. The zero-order valence-corrected chi connectivity index (χ0v) is 24.1. The van der Waals surface area contributed by atoms with E-state index in [-0.39, 0.29) is 35.8 Å². The van der Waals surface area contributed by atoms with Crippen molar-refractivity contribution < 1.29 is 14.5 Å². The Morgan fingerprint density at radius 1 is 0.974 bits per heavy atom. The van der Waals surface area contributed by atoms with Crippen LogP contribution in [-0.4, -0.2) is 39.5 Å². The van der Waals surface area contributed by atoms with Gasteiger partial charge in [-0.15, -0.1) is 11.8 Å². The third kappa shape index (κ3) is 8.98. The molecule has 206 valence electrons. The molecule has 2 unspecified atom stereocenters. The summed E-state index contributed by atoms with van der Waals surface area (Å²) in [6.07, 6.45) is 1.07. The van der Waals surface area contributed by atoms with E-state index in [0.717, 1.165) is 17.5 Å². The number of hydrogen-bond acceptors (Lipinski definition) is 5. The Morgan fingerprint density at radius 3 is 2.21 bits per heavy atom. The molecular formula is C29H31Cl2N3O4S. The fourth-order valence-electron chi connectivity index (χ4n) is 3.90. The standard InChI is InChI=1S/C29H31Cl2N3O4S/c1-3-20(2)32-29(36)27(16-21-8-5-4-6-9-21)33(17-24-25(30)10-7-11-26(24)31)28(35)19-39-18-22-12-14-23(15-13-22)34(37)38/h4-15,20,27H,3,16-19H2,1-2H3,(H,32,36). The number of non-ortho nitro benzene ring substituents is 1. The van der Waals surface area contributed by atoms with E-state index in [9.17, 15) is 19.7 Å². The van der Waals surface area contributed by atoms with E-state index in [1.165, 1.54) is 23.9 Å². The molecule has 0 saturated carbocycles. The number of benzene rings is 3. The van der Waals surface area contributed by atoms with Crippen molar-refractivity contribution in [3.63, 3.8) is 0 Å². The molecule has 3 aromatic carbocycles. The zero-order valence-electron chi connectivity index (χ0n) is 21.8. The van der Waals surface area contributed by atoms with Crippen molar-refractivity contribution in [2.45, 2.75) is 51.1 Å². The van der Waals surface area contributed by atoms with Crippen molar-refractivity contribution in [3.8, 4) is 0 Å². The van der Waals surface area contributed by atoms with E-state index in [1.54, 1.807) is 35.2 Å². The summed E-state index contributed by atoms with van der Waals surface area (Å²) in [7, 11) is 0. The summed E-state index contributed by atoms with van der Waals surface area (Å²) in [6, 6.07) is 20.1. The average molecular weight is 589 g/mol. The van der Waals surface area contributed by atoms with Gasteiger partial charge in [-0.2, -0.15) is 0 Å². The van der Waals surface area contributed by atoms with Gasteiger partial charge >= 0.3 is 0 Å². The lowest BCUT2D eigenvalue weighted by Gasteiger charge is -2.32. The fourth-order valence-corrected chi connectivity index (χ4v) is 5.29.